The minimum atomic E-state index is -0.444. The fourth-order valence-corrected chi connectivity index (χ4v) is 2.95. The maximum absolute atomic E-state index is 11.9. The summed E-state index contributed by atoms with van der Waals surface area (Å²) in [7, 11) is 0. The van der Waals surface area contributed by atoms with E-state index in [2.05, 4.69) is 15.8 Å². The molecule has 28 heavy (non-hydrogen) atoms. The molecular weight excluding hydrogens is 425 g/mol. The number of benzene rings is 2. The lowest BCUT2D eigenvalue weighted by Crippen LogP contribution is -2.41. The molecule has 0 unspecified atom stereocenters. The molecular formula is C19H14Cl3N3O3. The molecule has 0 fully saturated rings. The number of nitrogens with zero attached hydrogens (tertiary/aromatic N) is 1. The van der Waals surface area contributed by atoms with Crippen LogP contribution in [0.2, 0.25) is 15.1 Å². The van der Waals surface area contributed by atoms with E-state index in [-0.39, 0.29) is 18.7 Å². The molecule has 0 aliphatic heterocycles. The van der Waals surface area contributed by atoms with E-state index in [4.69, 9.17) is 39.2 Å². The number of aromatic nitrogens is 1. The second kappa shape index (κ2) is 9.10. The molecule has 0 saturated heterocycles. The van der Waals surface area contributed by atoms with E-state index in [1.165, 1.54) is 6.20 Å². The van der Waals surface area contributed by atoms with E-state index < -0.39 is 5.91 Å². The van der Waals surface area contributed by atoms with Gasteiger partial charge in [-0.25, -0.2) is 4.98 Å². The molecule has 2 amide bonds. The third kappa shape index (κ3) is 5.25. The summed E-state index contributed by atoms with van der Waals surface area (Å²) in [5.41, 5.74) is 5.71. The summed E-state index contributed by atoms with van der Waals surface area (Å²) in [6, 6.07) is 11.3. The summed E-state index contributed by atoms with van der Waals surface area (Å²) >= 11 is 17.8. The maximum Gasteiger partial charge on any atom is 0.269 e. The van der Waals surface area contributed by atoms with Gasteiger partial charge in [-0.1, -0.05) is 34.8 Å². The van der Waals surface area contributed by atoms with Gasteiger partial charge >= 0.3 is 0 Å². The Kier molecular flexibility index (Phi) is 6.57. The number of halogens is 3. The van der Waals surface area contributed by atoms with Gasteiger partial charge in [0, 0.05) is 34.0 Å². The zero-order valence-electron chi connectivity index (χ0n) is 14.3. The van der Waals surface area contributed by atoms with Gasteiger partial charge in [0.25, 0.3) is 5.91 Å². The van der Waals surface area contributed by atoms with Crippen LogP contribution in [0.15, 0.2) is 53.1 Å². The Labute approximate surface area is 175 Å². The lowest BCUT2D eigenvalue weighted by molar-refractivity contribution is -0.121. The summed E-state index contributed by atoms with van der Waals surface area (Å²) in [5, 5.41) is 1.48. The van der Waals surface area contributed by atoms with Gasteiger partial charge in [-0.2, -0.15) is 0 Å². The first kappa shape index (κ1) is 20.2. The SMILES string of the molecule is O=C(CCc1ncc(-c2ccc(Cl)cc2Cl)o1)NNC(=O)c1ccc(Cl)cc1. The van der Waals surface area contributed by atoms with Crippen molar-refractivity contribution in [2.75, 3.05) is 0 Å². The van der Waals surface area contributed by atoms with Crippen LogP contribution in [0.5, 0.6) is 0 Å². The third-order valence-electron chi connectivity index (χ3n) is 3.74. The van der Waals surface area contributed by atoms with Crippen LogP contribution in [0, 0.1) is 0 Å². The molecule has 3 aromatic rings. The van der Waals surface area contributed by atoms with Gasteiger partial charge in [0.15, 0.2) is 11.7 Å². The van der Waals surface area contributed by atoms with Crippen molar-refractivity contribution in [3.8, 4) is 11.3 Å². The zero-order valence-corrected chi connectivity index (χ0v) is 16.6. The smallest absolute Gasteiger partial charge is 0.269 e. The Hall–Kier alpha value is -2.54. The fraction of sp³-hybridized carbons (Fsp3) is 0.105. The van der Waals surface area contributed by atoms with Gasteiger partial charge in [-0.05, 0) is 42.5 Å². The molecule has 2 N–H and O–H groups in total. The minimum Gasteiger partial charge on any atom is -0.441 e. The van der Waals surface area contributed by atoms with Gasteiger partial charge in [-0.3, -0.25) is 20.4 Å². The van der Waals surface area contributed by atoms with Crippen molar-refractivity contribution >= 4 is 46.6 Å². The Morgan fingerprint density at radius 3 is 2.39 bits per heavy atom. The maximum atomic E-state index is 11.9. The molecule has 0 saturated carbocycles. The molecule has 0 aliphatic carbocycles. The van der Waals surface area contributed by atoms with Crippen LogP contribution in [0.3, 0.4) is 0 Å². The van der Waals surface area contributed by atoms with E-state index in [1.54, 1.807) is 42.5 Å². The molecule has 3 rings (SSSR count). The minimum absolute atomic E-state index is 0.0786. The Morgan fingerprint density at radius 1 is 0.964 bits per heavy atom. The molecule has 1 heterocycles. The zero-order chi connectivity index (χ0) is 20.1. The highest BCUT2D eigenvalue weighted by Gasteiger charge is 2.12. The summed E-state index contributed by atoms with van der Waals surface area (Å²) in [6.45, 7) is 0. The van der Waals surface area contributed by atoms with E-state index in [0.29, 0.717) is 37.8 Å². The average molecular weight is 439 g/mol. The summed E-state index contributed by atoms with van der Waals surface area (Å²) < 4.78 is 5.63. The van der Waals surface area contributed by atoms with Crippen molar-refractivity contribution in [3.63, 3.8) is 0 Å². The largest absolute Gasteiger partial charge is 0.441 e. The van der Waals surface area contributed by atoms with E-state index in [0.717, 1.165) is 0 Å². The first-order valence-electron chi connectivity index (χ1n) is 8.17. The summed E-state index contributed by atoms with van der Waals surface area (Å²) in [6.07, 6.45) is 1.87. The monoisotopic (exact) mass is 437 g/mol. The fourth-order valence-electron chi connectivity index (χ4n) is 2.32. The molecule has 9 heteroatoms. The van der Waals surface area contributed by atoms with E-state index in [9.17, 15) is 9.59 Å². The van der Waals surface area contributed by atoms with Gasteiger partial charge in [0.1, 0.15) is 0 Å². The van der Waals surface area contributed by atoms with Crippen LogP contribution < -0.4 is 10.9 Å². The average Bonchev–Trinajstić information content (AvgIpc) is 3.13. The second-order valence-electron chi connectivity index (χ2n) is 5.75. The number of rotatable bonds is 5. The van der Waals surface area contributed by atoms with Crippen molar-refractivity contribution in [1.82, 2.24) is 15.8 Å². The summed E-state index contributed by atoms with van der Waals surface area (Å²) in [5.74, 6) is 0.0284. The second-order valence-corrected chi connectivity index (χ2v) is 7.03. The first-order valence-corrected chi connectivity index (χ1v) is 9.30. The highest BCUT2D eigenvalue weighted by molar-refractivity contribution is 6.36. The van der Waals surface area contributed by atoms with Crippen LogP contribution in [0.1, 0.15) is 22.7 Å². The summed E-state index contributed by atoms with van der Waals surface area (Å²) in [4.78, 5) is 28.0. The van der Waals surface area contributed by atoms with Gasteiger partial charge in [0.2, 0.25) is 5.91 Å². The number of hydrogen-bond acceptors (Lipinski definition) is 4. The van der Waals surface area contributed by atoms with Gasteiger partial charge < -0.3 is 4.42 Å². The molecule has 6 nitrogen and oxygen atoms in total. The van der Waals surface area contributed by atoms with Crippen LogP contribution in [-0.4, -0.2) is 16.8 Å². The number of amides is 2. The van der Waals surface area contributed by atoms with Crippen molar-refractivity contribution in [3.05, 3.63) is 75.2 Å². The molecule has 0 spiro atoms. The van der Waals surface area contributed by atoms with E-state index in [1.807, 2.05) is 0 Å². The molecule has 144 valence electrons. The standard InChI is InChI=1S/C19H14Cl3N3O3/c20-12-3-1-11(2-4-12)19(27)25-24-17(26)7-8-18-23-10-16(28-18)14-6-5-13(21)9-15(14)22/h1-6,9-10H,7-8H2,(H,24,26)(H,25,27). The third-order valence-corrected chi connectivity index (χ3v) is 4.54. The number of carbonyl (C=O) groups excluding carboxylic acids is 2. The molecule has 0 atom stereocenters. The molecule has 1 aromatic heterocycles. The van der Waals surface area contributed by atoms with Crippen LogP contribution in [0.4, 0.5) is 0 Å². The molecule has 0 aliphatic rings. The Bertz CT molecular complexity index is 1000. The molecule has 0 radical (unpaired) electrons. The van der Waals surface area contributed by atoms with Crippen molar-refractivity contribution in [1.29, 1.82) is 0 Å². The van der Waals surface area contributed by atoms with Gasteiger partial charge in [-0.15, -0.1) is 0 Å². The normalized spacial score (nSPS) is 10.5. The predicted molar refractivity (Wildman–Crippen MR) is 107 cm³/mol. The Balaban J connectivity index is 1.50. The topological polar surface area (TPSA) is 84.2 Å². The predicted octanol–water partition coefficient (Wildman–Crippen LogP) is 4.70. The number of hydrazine groups is 1. The highest BCUT2D eigenvalue weighted by Crippen LogP contribution is 2.30. The van der Waals surface area contributed by atoms with Crippen molar-refractivity contribution < 1.29 is 14.0 Å². The quantitative estimate of drug-likeness (QED) is 0.566. The lowest BCUT2D eigenvalue weighted by Gasteiger charge is -2.06. The lowest BCUT2D eigenvalue weighted by atomic mass is 10.2. The molecule has 2 aromatic carbocycles. The van der Waals surface area contributed by atoms with Crippen molar-refractivity contribution in [2.24, 2.45) is 0 Å². The molecule has 0 bridgehead atoms. The Morgan fingerprint density at radius 2 is 1.68 bits per heavy atom. The van der Waals surface area contributed by atoms with Crippen LogP contribution >= 0.6 is 34.8 Å². The number of oxazole rings is 1. The van der Waals surface area contributed by atoms with E-state index >= 15 is 0 Å². The van der Waals surface area contributed by atoms with Crippen molar-refractivity contribution in [2.45, 2.75) is 12.8 Å². The number of carbonyl (C=O) groups is 2. The first-order chi connectivity index (χ1) is 13.4. The number of aryl methyl sites for hydroxylation is 1. The number of nitrogens with one attached hydrogen (secondary N) is 2. The van der Waals surface area contributed by atoms with Crippen LogP contribution in [0.25, 0.3) is 11.3 Å². The van der Waals surface area contributed by atoms with Gasteiger partial charge in [0.05, 0.1) is 11.2 Å². The highest BCUT2D eigenvalue weighted by atomic mass is 35.5. The van der Waals surface area contributed by atoms with Crippen LogP contribution in [-0.2, 0) is 11.2 Å². The number of hydrogen-bond donors (Lipinski definition) is 2.